The number of para-hydroxylation sites is 1. The molecular formula is C13H15NO2. The maximum atomic E-state index is 11.1. The topological polar surface area (TPSA) is 42.2 Å². The molecule has 1 aromatic carbocycles. The highest BCUT2D eigenvalue weighted by Gasteiger charge is 2.04. The van der Waals surface area contributed by atoms with E-state index >= 15 is 0 Å². The Hall–Kier alpha value is -1.77. The van der Waals surface area contributed by atoms with Crippen LogP contribution in [0.2, 0.25) is 0 Å². The molecule has 0 atom stereocenters. The van der Waals surface area contributed by atoms with Gasteiger partial charge in [0.1, 0.15) is 5.58 Å². The highest BCUT2D eigenvalue weighted by Crippen LogP contribution is 2.20. The maximum Gasteiger partial charge on any atom is 0.219 e. The van der Waals surface area contributed by atoms with Crippen molar-refractivity contribution in [2.75, 3.05) is 6.54 Å². The molecule has 0 fully saturated rings. The fraction of sp³-hybridized carbons (Fsp3) is 0.308. The van der Waals surface area contributed by atoms with E-state index in [0.717, 1.165) is 23.0 Å². The molecule has 1 heterocycles. The minimum atomic E-state index is 0.0906. The van der Waals surface area contributed by atoms with Crippen molar-refractivity contribution in [2.24, 2.45) is 0 Å². The number of furan rings is 1. The zero-order valence-corrected chi connectivity index (χ0v) is 9.32. The summed E-state index contributed by atoms with van der Waals surface area (Å²) in [5.41, 5.74) is 2.05. The predicted octanol–water partition coefficient (Wildman–Crippen LogP) is 2.50. The van der Waals surface area contributed by atoms with Gasteiger partial charge in [0.05, 0.1) is 6.26 Å². The molecule has 0 aliphatic carbocycles. The third-order valence-corrected chi connectivity index (χ3v) is 2.60. The minimum absolute atomic E-state index is 0.0906. The summed E-state index contributed by atoms with van der Waals surface area (Å²) >= 11 is 0. The molecule has 0 radical (unpaired) electrons. The Morgan fingerprint density at radius 3 is 3.00 bits per heavy atom. The summed E-state index contributed by atoms with van der Waals surface area (Å²) in [6, 6.07) is 7.93. The molecule has 0 spiro atoms. The summed E-state index contributed by atoms with van der Waals surface area (Å²) in [4.78, 5) is 11.1. The third kappa shape index (κ3) is 2.24. The molecule has 1 aromatic heterocycles. The smallest absolute Gasteiger partial charge is 0.219 e. The molecule has 0 saturated carbocycles. The summed E-state index contributed by atoms with van der Waals surface area (Å²) in [6.45, 7) is 2.51. The Kier molecular flexibility index (Phi) is 3.25. The van der Waals surface area contributed by atoms with E-state index in [1.54, 1.807) is 6.26 Å². The van der Waals surface area contributed by atoms with Gasteiger partial charge in [-0.05, 0) is 18.1 Å². The largest absolute Gasteiger partial charge is 0.464 e. The summed E-state index contributed by atoms with van der Waals surface area (Å²) < 4.78 is 5.42. The molecular weight excluding hydrogens is 202 g/mol. The number of carbonyl (C=O) groups is 1. The average Bonchev–Trinajstić information content (AvgIpc) is 2.73. The number of benzene rings is 1. The van der Waals surface area contributed by atoms with Gasteiger partial charge in [0, 0.05) is 18.4 Å². The van der Waals surface area contributed by atoms with Crippen molar-refractivity contribution in [1.29, 1.82) is 0 Å². The van der Waals surface area contributed by atoms with Gasteiger partial charge in [0.15, 0.2) is 0 Å². The molecule has 16 heavy (non-hydrogen) atoms. The van der Waals surface area contributed by atoms with E-state index < -0.39 is 0 Å². The lowest BCUT2D eigenvalue weighted by Crippen LogP contribution is -2.24. The maximum absolute atomic E-state index is 11.1. The standard InChI is InChI=1S/C13H15NO2/c1-2-13(15)14-8-7-10-9-16-12-6-4-3-5-11(10)12/h3-6,9H,2,7-8H2,1H3,(H,14,15). The van der Waals surface area contributed by atoms with Crippen LogP contribution in [0.3, 0.4) is 0 Å². The van der Waals surface area contributed by atoms with Gasteiger partial charge in [-0.25, -0.2) is 0 Å². The summed E-state index contributed by atoms with van der Waals surface area (Å²) in [5, 5.41) is 3.99. The highest BCUT2D eigenvalue weighted by atomic mass is 16.3. The van der Waals surface area contributed by atoms with Crippen LogP contribution < -0.4 is 5.32 Å². The van der Waals surface area contributed by atoms with Crippen LogP contribution in [0.5, 0.6) is 0 Å². The first-order chi connectivity index (χ1) is 7.81. The third-order valence-electron chi connectivity index (χ3n) is 2.60. The van der Waals surface area contributed by atoms with Crippen LogP contribution in [0.1, 0.15) is 18.9 Å². The number of rotatable bonds is 4. The Labute approximate surface area is 94.4 Å². The molecule has 2 rings (SSSR count). The first kappa shape index (κ1) is 10.7. The van der Waals surface area contributed by atoms with E-state index in [-0.39, 0.29) is 5.91 Å². The molecule has 0 bridgehead atoms. The molecule has 0 unspecified atom stereocenters. The number of hydrogen-bond donors (Lipinski definition) is 1. The predicted molar refractivity (Wildman–Crippen MR) is 63.2 cm³/mol. The van der Waals surface area contributed by atoms with Gasteiger partial charge >= 0.3 is 0 Å². The Morgan fingerprint density at radius 1 is 1.38 bits per heavy atom. The van der Waals surface area contributed by atoms with Crippen molar-refractivity contribution in [2.45, 2.75) is 19.8 Å². The lowest BCUT2D eigenvalue weighted by molar-refractivity contribution is -0.120. The highest BCUT2D eigenvalue weighted by molar-refractivity contribution is 5.81. The quantitative estimate of drug-likeness (QED) is 0.855. The second-order valence-electron chi connectivity index (χ2n) is 3.71. The van der Waals surface area contributed by atoms with Crippen LogP contribution in [0.15, 0.2) is 34.9 Å². The van der Waals surface area contributed by atoms with Gasteiger partial charge in [-0.3, -0.25) is 4.79 Å². The monoisotopic (exact) mass is 217 g/mol. The van der Waals surface area contributed by atoms with Gasteiger partial charge in [-0.1, -0.05) is 25.1 Å². The second-order valence-corrected chi connectivity index (χ2v) is 3.71. The van der Waals surface area contributed by atoms with E-state index in [9.17, 15) is 4.79 Å². The number of hydrogen-bond acceptors (Lipinski definition) is 2. The van der Waals surface area contributed by atoms with E-state index in [1.165, 1.54) is 0 Å². The molecule has 1 N–H and O–H groups in total. The van der Waals surface area contributed by atoms with Crippen molar-refractivity contribution < 1.29 is 9.21 Å². The molecule has 3 heteroatoms. The van der Waals surface area contributed by atoms with Gasteiger partial charge in [0.2, 0.25) is 5.91 Å². The molecule has 84 valence electrons. The van der Waals surface area contributed by atoms with Crippen LogP contribution in [0.4, 0.5) is 0 Å². The van der Waals surface area contributed by atoms with E-state index in [0.29, 0.717) is 13.0 Å². The Morgan fingerprint density at radius 2 is 2.19 bits per heavy atom. The number of fused-ring (bicyclic) bond motifs is 1. The van der Waals surface area contributed by atoms with Crippen LogP contribution in [-0.4, -0.2) is 12.5 Å². The van der Waals surface area contributed by atoms with E-state index in [1.807, 2.05) is 31.2 Å². The number of carbonyl (C=O) groups excluding carboxylic acids is 1. The first-order valence-corrected chi connectivity index (χ1v) is 5.53. The van der Waals surface area contributed by atoms with Crippen LogP contribution >= 0.6 is 0 Å². The molecule has 0 aliphatic heterocycles. The average molecular weight is 217 g/mol. The number of amides is 1. The molecule has 2 aromatic rings. The zero-order chi connectivity index (χ0) is 11.4. The molecule has 3 nitrogen and oxygen atoms in total. The molecule has 1 amide bonds. The zero-order valence-electron chi connectivity index (χ0n) is 9.32. The number of nitrogens with one attached hydrogen (secondary N) is 1. The lowest BCUT2D eigenvalue weighted by atomic mass is 10.1. The lowest BCUT2D eigenvalue weighted by Gasteiger charge is -2.01. The van der Waals surface area contributed by atoms with Crippen molar-refractivity contribution in [3.63, 3.8) is 0 Å². The van der Waals surface area contributed by atoms with Crippen molar-refractivity contribution in [1.82, 2.24) is 5.32 Å². The van der Waals surface area contributed by atoms with Crippen LogP contribution in [-0.2, 0) is 11.2 Å². The normalized spacial score (nSPS) is 10.6. The molecule has 0 aliphatic rings. The van der Waals surface area contributed by atoms with Crippen molar-refractivity contribution >= 4 is 16.9 Å². The van der Waals surface area contributed by atoms with E-state index in [2.05, 4.69) is 5.32 Å². The summed E-state index contributed by atoms with van der Waals surface area (Å²) in [7, 11) is 0. The minimum Gasteiger partial charge on any atom is -0.464 e. The van der Waals surface area contributed by atoms with E-state index in [4.69, 9.17) is 4.42 Å². The van der Waals surface area contributed by atoms with Gasteiger partial charge in [0.25, 0.3) is 0 Å². The van der Waals surface area contributed by atoms with Crippen molar-refractivity contribution in [3.8, 4) is 0 Å². The second kappa shape index (κ2) is 4.84. The Balaban J connectivity index is 2.02. The molecule has 0 saturated heterocycles. The fourth-order valence-electron chi connectivity index (χ4n) is 1.69. The SMILES string of the molecule is CCC(=O)NCCc1coc2ccccc12. The first-order valence-electron chi connectivity index (χ1n) is 5.53. The summed E-state index contributed by atoms with van der Waals surface area (Å²) in [5.74, 6) is 0.0906. The van der Waals surface area contributed by atoms with Crippen LogP contribution in [0, 0.1) is 0 Å². The summed E-state index contributed by atoms with van der Waals surface area (Å²) in [6.07, 6.45) is 3.11. The van der Waals surface area contributed by atoms with Gasteiger partial charge < -0.3 is 9.73 Å². The van der Waals surface area contributed by atoms with Gasteiger partial charge in [-0.2, -0.15) is 0 Å². The van der Waals surface area contributed by atoms with Gasteiger partial charge in [-0.15, -0.1) is 0 Å². The van der Waals surface area contributed by atoms with Crippen molar-refractivity contribution in [3.05, 3.63) is 36.1 Å². The Bertz CT molecular complexity index is 487. The fourth-order valence-corrected chi connectivity index (χ4v) is 1.69. The van der Waals surface area contributed by atoms with Crippen LogP contribution in [0.25, 0.3) is 11.0 Å².